The summed E-state index contributed by atoms with van der Waals surface area (Å²) in [6.07, 6.45) is 0. The summed E-state index contributed by atoms with van der Waals surface area (Å²) < 4.78 is 8.85. The molecule has 0 amide bonds. The molecular weight excluding hydrogens is 685 g/mol. The first-order chi connectivity index (χ1) is 27.8. The van der Waals surface area contributed by atoms with E-state index in [0.717, 1.165) is 82.2 Å². The Kier molecular flexibility index (Phi) is 6.56. The third-order valence-corrected chi connectivity index (χ3v) is 11.2. The van der Waals surface area contributed by atoms with Gasteiger partial charge in [0.1, 0.15) is 11.2 Å². The van der Waals surface area contributed by atoms with E-state index in [1.807, 2.05) is 12.1 Å². The molecular formula is C51H30N4O. The molecule has 0 bridgehead atoms. The zero-order valence-corrected chi connectivity index (χ0v) is 30.0. The summed E-state index contributed by atoms with van der Waals surface area (Å²) in [5.74, 6) is 1.72. The number of benzene rings is 9. The molecule has 9 aromatic carbocycles. The molecule has 3 heterocycles. The minimum absolute atomic E-state index is 0.549. The lowest BCUT2D eigenvalue weighted by molar-refractivity contribution is 0.672. The highest BCUT2D eigenvalue weighted by Crippen LogP contribution is 2.42. The smallest absolute Gasteiger partial charge is 0.238 e. The van der Waals surface area contributed by atoms with Crippen LogP contribution in [0.25, 0.3) is 116 Å². The minimum Gasteiger partial charge on any atom is -0.455 e. The van der Waals surface area contributed by atoms with Crippen LogP contribution >= 0.6 is 0 Å². The molecule has 0 aliphatic carbocycles. The van der Waals surface area contributed by atoms with E-state index in [4.69, 9.17) is 19.4 Å². The van der Waals surface area contributed by atoms with E-state index in [9.17, 15) is 0 Å². The Morgan fingerprint density at radius 1 is 0.357 bits per heavy atom. The molecule has 260 valence electrons. The van der Waals surface area contributed by atoms with Crippen molar-refractivity contribution >= 4 is 76.1 Å². The number of aromatic nitrogens is 4. The monoisotopic (exact) mass is 714 g/mol. The Bertz CT molecular complexity index is 3550. The van der Waals surface area contributed by atoms with E-state index in [1.165, 1.54) is 16.2 Å². The van der Waals surface area contributed by atoms with Crippen LogP contribution in [0.3, 0.4) is 0 Å². The van der Waals surface area contributed by atoms with E-state index in [1.54, 1.807) is 0 Å². The molecule has 0 atom stereocenters. The zero-order chi connectivity index (χ0) is 36.7. The molecule has 0 N–H and O–H groups in total. The van der Waals surface area contributed by atoms with Gasteiger partial charge in [0, 0.05) is 38.1 Å². The maximum absolute atomic E-state index is 6.64. The number of rotatable bonds is 4. The summed E-state index contributed by atoms with van der Waals surface area (Å²) in [7, 11) is 0. The molecule has 12 rings (SSSR count). The average Bonchev–Trinajstić information content (AvgIpc) is 3.81. The number of fused-ring (bicyclic) bond motifs is 10. The number of hydrogen-bond acceptors (Lipinski definition) is 4. The highest BCUT2D eigenvalue weighted by atomic mass is 16.3. The van der Waals surface area contributed by atoms with Gasteiger partial charge in [0.05, 0.1) is 11.0 Å². The van der Waals surface area contributed by atoms with Crippen molar-refractivity contribution in [3.05, 3.63) is 182 Å². The van der Waals surface area contributed by atoms with Gasteiger partial charge >= 0.3 is 0 Å². The van der Waals surface area contributed by atoms with Crippen molar-refractivity contribution in [1.82, 2.24) is 19.5 Å². The lowest BCUT2D eigenvalue weighted by Gasteiger charge is -2.15. The second-order valence-corrected chi connectivity index (χ2v) is 14.4. The number of furan rings is 1. The average molecular weight is 715 g/mol. The second kappa shape index (κ2) is 11.9. The van der Waals surface area contributed by atoms with E-state index >= 15 is 0 Å². The van der Waals surface area contributed by atoms with Gasteiger partial charge in [-0.2, -0.15) is 9.97 Å². The number of nitrogens with zero attached hydrogens (tertiary/aromatic N) is 4. The predicted molar refractivity (Wildman–Crippen MR) is 230 cm³/mol. The third-order valence-electron chi connectivity index (χ3n) is 11.2. The Morgan fingerprint density at radius 3 is 1.79 bits per heavy atom. The van der Waals surface area contributed by atoms with Gasteiger partial charge in [0.2, 0.25) is 5.95 Å². The molecule has 12 aromatic rings. The van der Waals surface area contributed by atoms with Gasteiger partial charge in [-0.25, -0.2) is 4.98 Å². The van der Waals surface area contributed by atoms with Crippen LogP contribution in [0, 0.1) is 0 Å². The topological polar surface area (TPSA) is 56.7 Å². The van der Waals surface area contributed by atoms with E-state index in [-0.39, 0.29) is 0 Å². The molecule has 0 fully saturated rings. The van der Waals surface area contributed by atoms with Crippen LogP contribution in [0.2, 0.25) is 0 Å². The van der Waals surface area contributed by atoms with Crippen LogP contribution in [0.15, 0.2) is 186 Å². The van der Waals surface area contributed by atoms with Crippen LogP contribution in [0.5, 0.6) is 0 Å². The van der Waals surface area contributed by atoms with Gasteiger partial charge in [-0.3, -0.25) is 4.57 Å². The molecule has 0 spiro atoms. The fourth-order valence-corrected chi connectivity index (χ4v) is 8.69. The Hall–Kier alpha value is -7.63. The van der Waals surface area contributed by atoms with Gasteiger partial charge in [0.15, 0.2) is 11.6 Å². The first-order valence-electron chi connectivity index (χ1n) is 18.9. The Balaban J connectivity index is 1.22. The molecule has 56 heavy (non-hydrogen) atoms. The molecule has 3 aromatic heterocycles. The summed E-state index contributed by atoms with van der Waals surface area (Å²) in [5.41, 5.74) is 7.70. The van der Waals surface area contributed by atoms with Gasteiger partial charge in [-0.05, 0) is 68.4 Å². The molecule has 0 saturated heterocycles. The van der Waals surface area contributed by atoms with Gasteiger partial charge in [-0.1, -0.05) is 152 Å². The fraction of sp³-hybridized carbons (Fsp3) is 0. The Labute approximate surface area is 320 Å². The van der Waals surface area contributed by atoms with E-state index in [0.29, 0.717) is 17.6 Å². The number of hydrogen-bond donors (Lipinski definition) is 0. The third kappa shape index (κ3) is 4.58. The molecule has 0 radical (unpaired) electrons. The minimum atomic E-state index is 0.549. The molecule has 5 heteroatoms. The van der Waals surface area contributed by atoms with Crippen molar-refractivity contribution in [2.24, 2.45) is 0 Å². The fourth-order valence-electron chi connectivity index (χ4n) is 8.69. The molecule has 0 aliphatic rings. The molecule has 0 aliphatic heterocycles. The van der Waals surface area contributed by atoms with Crippen LogP contribution in [0.4, 0.5) is 0 Å². The highest BCUT2D eigenvalue weighted by molar-refractivity contribution is 6.21. The van der Waals surface area contributed by atoms with Gasteiger partial charge in [-0.15, -0.1) is 0 Å². The largest absolute Gasteiger partial charge is 0.455 e. The standard InChI is InChI=1S/C51H30N4O/c1-2-16-33-30-45-42(28-32(33)15-1)39-22-9-11-26-44(39)55(45)51-53-49(40-23-8-7-21-38(40)37-25-13-18-31-14-3-5-19-35(31)37)52-50(54-51)43-29-34-17-4-6-20-36(34)48-47(43)41-24-10-12-27-46(41)56-48/h1-30H. The number of para-hydroxylation sites is 2. The van der Waals surface area contributed by atoms with Crippen molar-refractivity contribution in [3.63, 3.8) is 0 Å². The van der Waals surface area contributed by atoms with Gasteiger partial charge < -0.3 is 4.42 Å². The predicted octanol–water partition coefficient (Wildman–Crippen LogP) is 13.3. The Morgan fingerprint density at radius 2 is 0.946 bits per heavy atom. The quantitative estimate of drug-likeness (QED) is 0.182. The van der Waals surface area contributed by atoms with Gasteiger partial charge in [0.25, 0.3) is 0 Å². The lowest BCUT2D eigenvalue weighted by Crippen LogP contribution is -2.07. The van der Waals surface area contributed by atoms with Crippen LogP contribution < -0.4 is 0 Å². The molecule has 0 unspecified atom stereocenters. The van der Waals surface area contributed by atoms with Crippen molar-refractivity contribution in [1.29, 1.82) is 0 Å². The highest BCUT2D eigenvalue weighted by Gasteiger charge is 2.23. The normalized spacial score (nSPS) is 11.9. The molecule has 5 nitrogen and oxygen atoms in total. The summed E-state index contributed by atoms with van der Waals surface area (Å²) in [6.45, 7) is 0. The van der Waals surface area contributed by atoms with E-state index < -0.39 is 0 Å². The van der Waals surface area contributed by atoms with Crippen LogP contribution in [-0.4, -0.2) is 19.5 Å². The first-order valence-corrected chi connectivity index (χ1v) is 18.9. The van der Waals surface area contributed by atoms with Crippen molar-refractivity contribution in [2.75, 3.05) is 0 Å². The summed E-state index contributed by atoms with van der Waals surface area (Å²) in [5, 5.41) is 11.1. The first kappa shape index (κ1) is 30.8. The van der Waals surface area contributed by atoms with E-state index in [2.05, 4.69) is 174 Å². The zero-order valence-electron chi connectivity index (χ0n) is 30.0. The maximum Gasteiger partial charge on any atom is 0.238 e. The van der Waals surface area contributed by atoms with Crippen molar-refractivity contribution in [3.8, 4) is 39.9 Å². The maximum atomic E-state index is 6.64. The second-order valence-electron chi connectivity index (χ2n) is 14.4. The summed E-state index contributed by atoms with van der Waals surface area (Å²) in [6, 6.07) is 63.8. The van der Waals surface area contributed by atoms with Crippen molar-refractivity contribution < 1.29 is 4.42 Å². The SMILES string of the molecule is c1ccc(-c2cccc3ccccc23)c(-c2nc(-c3cc4ccccc4c4oc5ccccc5c34)nc(-n3c4ccccc4c4cc5ccccc5cc43)n2)c1. The van der Waals surface area contributed by atoms with Crippen LogP contribution in [0.1, 0.15) is 0 Å². The lowest BCUT2D eigenvalue weighted by atomic mass is 9.94. The van der Waals surface area contributed by atoms with Crippen LogP contribution in [-0.2, 0) is 0 Å². The van der Waals surface area contributed by atoms with Crippen molar-refractivity contribution in [2.45, 2.75) is 0 Å². The summed E-state index contributed by atoms with van der Waals surface area (Å²) in [4.78, 5) is 16.3. The summed E-state index contributed by atoms with van der Waals surface area (Å²) >= 11 is 0. The molecule has 0 saturated carbocycles.